The van der Waals surface area contributed by atoms with Crippen LogP contribution in [0.1, 0.15) is 20.3 Å². The summed E-state index contributed by atoms with van der Waals surface area (Å²) in [5.74, 6) is -0.225. The quantitative estimate of drug-likeness (QED) is 0.633. The molecule has 2 aliphatic rings. The van der Waals surface area contributed by atoms with E-state index in [1.54, 1.807) is 0 Å². The Morgan fingerprint density at radius 2 is 2.00 bits per heavy atom. The minimum Gasteiger partial charge on any atom is -0.338 e. The molecule has 120 valence electrons. The zero-order valence-electron chi connectivity index (χ0n) is 13.0. The van der Waals surface area contributed by atoms with Crippen molar-refractivity contribution in [2.45, 2.75) is 32.4 Å². The fourth-order valence-electron chi connectivity index (χ4n) is 3.03. The monoisotopic (exact) mass is 297 g/mol. The van der Waals surface area contributed by atoms with Gasteiger partial charge in [0.2, 0.25) is 5.91 Å². The average Bonchev–Trinajstić information content (AvgIpc) is 3.01. The molecule has 21 heavy (non-hydrogen) atoms. The fraction of sp³-hybridized carbons (Fsp3) is 0.857. The van der Waals surface area contributed by atoms with Gasteiger partial charge in [0.05, 0.1) is 6.04 Å². The van der Waals surface area contributed by atoms with Crippen LogP contribution < -0.4 is 16.0 Å². The van der Waals surface area contributed by atoms with Crippen molar-refractivity contribution in [2.24, 2.45) is 0 Å². The first-order chi connectivity index (χ1) is 10.1. The molecular weight excluding hydrogens is 270 g/mol. The normalized spacial score (nSPS) is 25.5. The zero-order chi connectivity index (χ0) is 15.2. The summed E-state index contributed by atoms with van der Waals surface area (Å²) in [6.07, 6.45) is 1.22. The molecule has 0 bridgehead atoms. The number of carbonyl (C=O) groups excluding carboxylic acids is 2. The van der Waals surface area contributed by atoms with Gasteiger partial charge in [0.25, 0.3) is 0 Å². The lowest BCUT2D eigenvalue weighted by Gasteiger charge is -2.39. The second-order valence-corrected chi connectivity index (χ2v) is 5.74. The first-order valence-corrected chi connectivity index (χ1v) is 7.89. The Bertz CT molecular complexity index is 362. The number of hydrogen-bond donors (Lipinski definition) is 3. The van der Waals surface area contributed by atoms with Gasteiger partial charge in [-0.15, -0.1) is 0 Å². The maximum absolute atomic E-state index is 12.0. The van der Waals surface area contributed by atoms with Crippen LogP contribution in [0.3, 0.4) is 0 Å². The van der Waals surface area contributed by atoms with Crippen LogP contribution in [0.15, 0.2) is 0 Å². The molecule has 2 rings (SSSR count). The van der Waals surface area contributed by atoms with E-state index in [9.17, 15) is 9.59 Å². The third kappa shape index (κ3) is 4.39. The molecule has 2 aliphatic heterocycles. The smallest absolute Gasteiger partial charge is 0.321 e. The van der Waals surface area contributed by atoms with E-state index in [-0.39, 0.29) is 11.9 Å². The summed E-state index contributed by atoms with van der Waals surface area (Å²) in [4.78, 5) is 28.1. The van der Waals surface area contributed by atoms with E-state index >= 15 is 0 Å². The molecular formula is C14H27N5O2. The Morgan fingerprint density at radius 1 is 1.29 bits per heavy atom. The van der Waals surface area contributed by atoms with Crippen LogP contribution in [-0.2, 0) is 4.79 Å². The van der Waals surface area contributed by atoms with Crippen molar-refractivity contribution in [2.75, 3.05) is 45.8 Å². The number of urea groups is 1. The lowest BCUT2D eigenvalue weighted by Crippen LogP contribution is -2.57. The Balaban J connectivity index is 1.75. The first kappa shape index (κ1) is 16.2. The van der Waals surface area contributed by atoms with Gasteiger partial charge in [0.15, 0.2) is 0 Å². The van der Waals surface area contributed by atoms with E-state index in [2.05, 4.69) is 25.8 Å². The summed E-state index contributed by atoms with van der Waals surface area (Å²) < 4.78 is 0. The van der Waals surface area contributed by atoms with Crippen molar-refractivity contribution in [1.82, 2.24) is 25.8 Å². The molecule has 7 heteroatoms. The number of nitrogens with zero attached hydrogens (tertiary/aromatic N) is 2. The predicted molar refractivity (Wildman–Crippen MR) is 81.1 cm³/mol. The van der Waals surface area contributed by atoms with Crippen LogP contribution in [-0.4, -0.2) is 79.6 Å². The number of piperazine rings is 1. The van der Waals surface area contributed by atoms with Crippen molar-refractivity contribution in [1.29, 1.82) is 0 Å². The van der Waals surface area contributed by atoms with Gasteiger partial charge < -0.3 is 10.6 Å². The molecule has 2 unspecified atom stereocenters. The van der Waals surface area contributed by atoms with E-state index < -0.39 is 6.03 Å². The van der Waals surface area contributed by atoms with Gasteiger partial charge in [0.1, 0.15) is 0 Å². The van der Waals surface area contributed by atoms with Crippen molar-refractivity contribution in [3.63, 3.8) is 0 Å². The highest BCUT2D eigenvalue weighted by Crippen LogP contribution is 2.13. The van der Waals surface area contributed by atoms with Crippen LogP contribution in [0.5, 0.6) is 0 Å². The van der Waals surface area contributed by atoms with E-state index in [4.69, 9.17) is 0 Å². The van der Waals surface area contributed by atoms with Gasteiger partial charge >= 0.3 is 6.03 Å². The highest BCUT2D eigenvalue weighted by atomic mass is 16.2. The highest BCUT2D eigenvalue weighted by molar-refractivity contribution is 5.96. The largest absolute Gasteiger partial charge is 0.338 e. The number of carbonyl (C=O) groups is 2. The molecule has 2 fully saturated rings. The molecule has 3 amide bonds. The van der Waals surface area contributed by atoms with E-state index in [0.717, 1.165) is 39.3 Å². The van der Waals surface area contributed by atoms with Gasteiger partial charge in [-0.1, -0.05) is 0 Å². The molecule has 0 aliphatic carbocycles. The summed E-state index contributed by atoms with van der Waals surface area (Å²) in [5, 5.41) is 8.36. The van der Waals surface area contributed by atoms with Gasteiger partial charge in [-0.05, 0) is 26.8 Å². The Morgan fingerprint density at radius 3 is 2.57 bits per heavy atom. The van der Waals surface area contributed by atoms with E-state index in [1.165, 1.54) is 6.42 Å². The summed E-state index contributed by atoms with van der Waals surface area (Å²) >= 11 is 0. The predicted octanol–water partition coefficient (Wildman–Crippen LogP) is -0.800. The number of imide groups is 1. The SMILES string of the molecule is CCNC(=O)NC(=O)C(C)N1CCN(C2CCNC2)CC1. The summed E-state index contributed by atoms with van der Waals surface area (Å²) in [7, 11) is 0. The Labute approximate surface area is 126 Å². The number of hydrogen-bond acceptors (Lipinski definition) is 5. The lowest BCUT2D eigenvalue weighted by molar-refractivity contribution is -0.125. The average molecular weight is 297 g/mol. The first-order valence-electron chi connectivity index (χ1n) is 7.89. The Hall–Kier alpha value is -1.18. The summed E-state index contributed by atoms with van der Waals surface area (Å²) in [6, 6.07) is -0.0342. The third-order valence-electron chi connectivity index (χ3n) is 4.40. The summed E-state index contributed by atoms with van der Waals surface area (Å²) in [6.45, 7) is 10.1. The van der Waals surface area contributed by atoms with Crippen LogP contribution in [0, 0.1) is 0 Å². The van der Waals surface area contributed by atoms with Crippen LogP contribution in [0.4, 0.5) is 4.79 Å². The van der Waals surface area contributed by atoms with Crippen molar-refractivity contribution in [3.05, 3.63) is 0 Å². The molecule has 0 aromatic heterocycles. The van der Waals surface area contributed by atoms with Crippen molar-refractivity contribution in [3.8, 4) is 0 Å². The second kappa shape index (κ2) is 7.72. The standard InChI is InChI=1S/C14H27N5O2/c1-3-16-14(21)17-13(20)11(2)18-6-8-19(9-7-18)12-4-5-15-10-12/h11-12,15H,3-10H2,1-2H3,(H2,16,17,20,21). The molecule has 0 saturated carbocycles. The summed E-state index contributed by atoms with van der Waals surface area (Å²) in [5.41, 5.74) is 0. The van der Waals surface area contributed by atoms with E-state index in [1.807, 2.05) is 13.8 Å². The van der Waals surface area contributed by atoms with Crippen LogP contribution >= 0.6 is 0 Å². The topological polar surface area (TPSA) is 76.7 Å². The minimum absolute atomic E-state index is 0.225. The molecule has 2 saturated heterocycles. The van der Waals surface area contributed by atoms with Gasteiger partial charge in [-0.2, -0.15) is 0 Å². The van der Waals surface area contributed by atoms with Gasteiger partial charge in [-0.3, -0.25) is 19.9 Å². The maximum Gasteiger partial charge on any atom is 0.321 e. The molecule has 0 aromatic carbocycles. The fourth-order valence-corrected chi connectivity index (χ4v) is 3.03. The second-order valence-electron chi connectivity index (χ2n) is 5.74. The van der Waals surface area contributed by atoms with Crippen molar-refractivity contribution >= 4 is 11.9 Å². The number of rotatable bonds is 4. The molecule has 2 heterocycles. The lowest BCUT2D eigenvalue weighted by atomic mass is 10.1. The van der Waals surface area contributed by atoms with E-state index in [0.29, 0.717) is 12.6 Å². The molecule has 7 nitrogen and oxygen atoms in total. The van der Waals surface area contributed by atoms with Gasteiger partial charge in [-0.25, -0.2) is 4.79 Å². The number of amides is 3. The van der Waals surface area contributed by atoms with Gasteiger partial charge in [0, 0.05) is 45.3 Å². The zero-order valence-corrected chi connectivity index (χ0v) is 13.0. The molecule has 2 atom stereocenters. The highest BCUT2D eigenvalue weighted by Gasteiger charge is 2.30. The molecule has 0 spiro atoms. The van der Waals surface area contributed by atoms with Crippen LogP contribution in [0.2, 0.25) is 0 Å². The maximum atomic E-state index is 12.0. The van der Waals surface area contributed by atoms with Crippen molar-refractivity contribution < 1.29 is 9.59 Å². The minimum atomic E-state index is -0.412. The third-order valence-corrected chi connectivity index (χ3v) is 4.40. The molecule has 0 radical (unpaired) electrons. The Kier molecular flexibility index (Phi) is 5.96. The molecule has 3 N–H and O–H groups in total. The number of nitrogens with one attached hydrogen (secondary N) is 3. The van der Waals surface area contributed by atoms with Crippen LogP contribution in [0.25, 0.3) is 0 Å². The molecule has 0 aromatic rings.